The molecule has 3 nitrogen and oxygen atoms in total. The van der Waals surface area contributed by atoms with Gasteiger partial charge in [0.2, 0.25) is 0 Å². The third-order valence-corrected chi connectivity index (χ3v) is 3.23. The van der Waals surface area contributed by atoms with Crippen LogP contribution in [0.25, 0.3) is 11.0 Å². The molecule has 3 heteroatoms. The maximum absolute atomic E-state index is 11.2. The molecule has 2 aromatic rings. The lowest BCUT2D eigenvalue weighted by molar-refractivity contribution is 0.362. The fourth-order valence-electron chi connectivity index (χ4n) is 2.29. The van der Waals surface area contributed by atoms with Crippen molar-refractivity contribution in [1.82, 2.24) is 0 Å². The summed E-state index contributed by atoms with van der Waals surface area (Å²) >= 11 is 0. The van der Waals surface area contributed by atoms with Crippen LogP contribution < -0.4 is 10.4 Å². The minimum absolute atomic E-state index is 0.349. The molecule has 0 radical (unpaired) electrons. The second-order valence-corrected chi connectivity index (χ2v) is 5.69. The van der Waals surface area contributed by atoms with Crippen LogP contribution in [-0.4, -0.2) is 6.61 Å². The average molecular weight is 298 g/mol. The zero-order chi connectivity index (χ0) is 15.9. The lowest BCUT2D eigenvalue weighted by Crippen LogP contribution is -1.96. The van der Waals surface area contributed by atoms with Crippen molar-refractivity contribution in [1.29, 1.82) is 0 Å². The SMILES string of the molecule is CC(C)=C[C@@H](C)CC=CCOc1ccc2ccc(=O)oc2c1. The summed E-state index contributed by atoms with van der Waals surface area (Å²) < 4.78 is 10.8. The standard InChI is InChI=1S/C19H22O3/c1-14(2)12-15(3)6-4-5-11-21-17-9-7-16-8-10-19(20)22-18(16)13-17/h4-5,7-10,12-13,15H,6,11H2,1-3H3/t15-/m0/s1. The fraction of sp³-hybridized carbons (Fsp3) is 0.316. The number of rotatable bonds is 6. The molecule has 0 fully saturated rings. The minimum Gasteiger partial charge on any atom is -0.489 e. The Morgan fingerprint density at radius 2 is 2.00 bits per heavy atom. The van der Waals surface area contributed by atoms with Gasteiger partial charge in [-0.05, 0) is 44.4 Å². The summed E-state index contributed by atoms with van der Waals surface area (Å²) in [4.78, 5) is 11.2. The number of benzene rings is 1. The number of fused-ring (bicyclic) bond motifs is 1. The molecule has 0 aliphatic heterocycles. The van der Waals surface area contributed by atoms with Crippen LogP contribution in [-0.2, 0) is 0 Å². The predicted molar refractivity (Wildman–Crippen MR) is 90.3 cm³/mol. The molecule has 0 unspecified atom stereocenters. The van der Waals surface area contributed by atoms with E-state index < -0.39 is 0 Å². The van der Waals surface area contributed by atoms with Gasteiger partial charge >= 0.3 is 5.63 Å². The Morgan fingerprint density at radius 3 is 2.77 bits per heavy atom. The Labute approximate surface area is 130 Å². The van der Waals surface area contributed by atoms with Gasteiger partial charge in [-0.25, -0.2) is 4.79 Å². The van der Waals surface area contributed by atoms with Crippen molar-refractivity contribution in [3.05, 3.63) is 64.6 Å². The van der Waals surface area contributed by atoms with Gasteiger partial charge in [0.15, 0.2) is 0 Å². The molecule has 0 N–H and O–H groups in total. The van der Waals surface area contributed by atoms with E-state index in [4.69, 9.17) is 9.15 Å². The minimum atomic E-state index is -0.349. The first kappa shape index (κ1) is 16.1. The van der Waals surface area contributed by atoms with Crippen LogP contribution >= 0.6 is 0 Å². The third kappa shape index (κ3) is 4.92. The van der Waals surface area contributed by atoms with Gasteiger partial charge < -0.3 is 9.15 Å². The molecule has 2 rings (SSSR count). The average Bonchev–Trinajstić information content (AvgIpc) is 2.45. The van der Waals surface area contributed by atoms with E-state index in [0.29, 0.717) is 23.9 Å². The first-order chi connectivity index (χ1) is 10.5. The van der Waals surface area contributed by atoms with E-state index in [0.717, 1.165) is 11.8 Å². The summed E-state index contributed by atoms with van der Waals surface area (Å²) in [6.07, 6.45) is 7.41. The molecule has 1 heterocycles. The van der Waals surface area contributed by atoms with Crippen LogP contribution in [0.5, 0.6) is 5.75 Å². The normalized spacial score (nSPS) is 12.5. The zero-order valence-corrected chi connectivity index (χ0v) is 13.3. The summed E-state index contributed by atoms with van der Waals surface area (Å²) in [6.45, 7) is 6.93. The molecule has 0 amide bonds. The number of hydrogen-bond acceptors (Lipinski definition) is 3. The van der Waals surface area contributed by atoms with Gasteiger partial charge in [-0.1, -0.05) is 30.7 Å². The molecular weight excluding hydrogens is 276 g/mol. The second-order valence-electron chi connectivity index (χ2n) is 5.69. The Bertz CT molecular complexity index is 734. The molecule has 116 valence electrons. The van der Waals surface area contributed by atoms with E-state index in [2.05, 4.69) is 32.9 Å². The summed E-state index contributed by atoms with van der Waals surface area (Å²) in [7, 11) is 0. The maximum atomic E-state index is 11.2. The molecule has 0 spiro atoms. The molecule has 0 saturated carbocycles. The lowest BCUT2D eigenvalue weighted by atomic mass is 10.1. The van der Waals surface area contributed by atoms with Crippen LogP contribution in [0.3, 0.4) is 0 Å². The van der Waals surface area contributed by atoms with Crippen LogP contribution in [0.1, 0.15) is 27.2 Å². The molecule has 0 bridgehead atoms. The van der Waals surface area contributed by atoms with Crippen LogP contribution in [0.2, 0.25) is 0 Å². The van der Waals surface area contributed by atoms with Crippen molar-refractivity contribution >= 4 is 11.0 Å². The number of ether oxygens (including phenoxy) is 1. The Kier molecular flexibility index (Phi) is 5.59. The number of allylic oxidation sites excluding steroid dienone is 3. The van der Waals surface area contributed by atoms with Gasteiger partial charge in [-0.15, -0.1) is 0 Å². The van der Waals surface area contributed by atoms with Crippen molar-refractivity contribution in [3.8, 4) is 5.75 Å². The van der Waals surface area contributed by atoms with E-state index in [-0.39, 0.29) is 5.63 Å². The molecular formula is C19H22O3. The predicted octanol–water partition coefficient (Wildman–Crippen LogP) is 4.72. The summed E-state index contributed by atoms with van der Waals surface area (Å²) in [5.74, 6) is 1.24. The molecule has 1 atom stereocenters. The van der Waals surface area contributed by atoms with Crippen LogP contribution in [0, 0.1) is 5.92 Å². The van der Waals surface area contributed by atoms with E-state index in [9.17, 15) is 4.79 Å². The van der Waals surface area contributed by atoms with Crippen molar-refractivity contribution in [2.75, 3.05) is 6.61 Å². The first-order valence-corrected chi connectivity index (χ1v) is 7.51. The monoisotopic (exact) mass is 298 g/mol. The lowest BCUT2D eigenvalue weighted by Gasteiger charge is -2.05. The van der Waals surface area contributed by atoms with E-state index in [1.807, 2.05) is 18.2 Å². The van der Waals surface area contributed by atoms with Gasteiger partial charge in [0.1, 0.15) is 17.9 Å². The smallest absolute Gasteiger partial charge is 0.336 e. The highest BCUT2D eigenvalue weighted by Gasteiger charge is 2.00. The highest BCUT2D eigenvalue weighted by atomic mass is 16.5. The van der Waals surface area contributed by atoms with Gasteiger partial charge in [-0.2, -0.15) is 0 Å². The molecule has 22 heavy (non-hydrogen) atoms. The van der Waals surface area contributed by atoms with Gasteiger partial charge in [0, 0.05) is 17.5 Å². The molecule has 1 aromatic carbocycles. The highest BCUT2D eigenvalue weighted by molar-refractivity contribution is 5.77. The highest BCUT2D eigenvalue weighted by Crippen LogP contribution is 2.19. The summed E-state index contributed by atoms with van der Waals surface area (Å²) in [6, 6.07) is 8.67. The van der Waals surface area contributed by atoms with Crippen molar-refractivity contribution < 1.29 is 9.15 Å². The number of hydrogen-bond donors (Lipinski definition) is 0. The summed E-state index contributed by atoms with van der Waals surface area (Å²) in [5.41, 5.74) is 1.54. The van der Waals surface area contributed by atoms with E-state index in [1.165, 1.54) is 11.6 Å². The van der Waals surface area contributed by atoms with Crippen molar-refractivity contribution in [2.24, 2.45) is 5.92 Å². The summed E-state index contributed by atoms with van der Waals surface area (Å²) in [5, 5.41) is 0.887. The Hall–Kier alpha value is -2.29. The third-order valence-electron chi connectivity index (χ3n) is 3.23. The van der Waals surface area contributed by atoms with Gasteiger partial charge in [0.05, 0.1) is 0 Å². The Morgan fingerprint density at radius 1 is 1.23 bits per heavy atom. The second kappa shape index (κ2) is 7.64. The fourth-order valence-corrected chi connectivity index (χ4v) is 2.29. The molecule has 0 aliphatic rings. The van der Waals surface area contributed by atoms with Gasteiger partial charge in [-0.3, -0.25) is 0 Å². The van der Waals surface area contributed by atoms with E-state index >= 15 is 0 Å². The van der Waals surface area contributed by atoms with Crippen molar-refractivity contribution in [2.45, 2.75) is 27.2 Å². The zero-order valence-electron chi connectivity index (χ0n) is 13.3. The van der Waals surface area contributed by atoms with Gasteiger partial charge in [0.25, 0.3) is 0 Å². The maximum Gasteiger partial charge on any atom is 0.336 e. The first-order valence-electron chi connectivity index (χ1n) is 7.51. The van der Waals surface area contributed by atoms with Crippen LogP contribution in [0.4, 0.5) is 0 Å². The quantitative estimate of drug-likeness (QED) is 0.572. The van der Waals surface area contributed by atoms with Crippen LogP contribution in [0.15, 0.2) is 63.3 Å². The molecule has 0 saturated heterocycles. The molecule has 1 aromatic heterocycles. The van der Waals surface area contributed by atoms with Crippen molar-refractivity contribution in [3.63, 3.8) is 0 Å². The Balaban J connectivity index is 1.89. The topological polar surface area (TPSA) is 39.4 Å². The largest absolute Gasteiger partial charge is 0.489 e. The molecule has 0 aliphatic carbocycles. The van der Waals surface area contributed by atoms with E-state index in [1.54, 1.807) is 12.1 Å².